The summed E-state index contributed by atoms with van der Waals surface area (Å²) in [6, 6.07) is 11.0. The quantitative estimate of drug-likeness (QED) is 0.504. The Bertz CT molecular complexity index is 1070. The molecule has 146 valence electrons. The van der Waals surface area contributed by atoms with Gasteiger partial charge in [0.25, 0.3) is 0 Å². The first-order valence-electron chi connectivity index (χ1n) is 8.16. The van der Waals surface area contributed by atoms with Crippen molar-refractivity contribution >= 4 is 38.6 Å². The predicted molar refractivity (Wildman–Crippen MR) is 109 cm³/mol. The normalized spacial score (nSPS) is 11.2. The maximum absolute atomic E-state index is 12.0. The number of nitrogens with zero attached hydrogens (tertiary/aromatic N) is 1. The molecule has 2 aromatic carbocycles. The summed E-state index contributed by atoms with van der Waals surface area (Å²) in [7, 11) is -3.76. The second-order valence-corrected chi connectivity index (χ2v) is 8.12. The second kappa shape index (κ2) is 8.38. The van der Waals surface area contributed by atoms with Gasteiger partial charge in [0.05, 0.1) is 34.8 Å². The molecule has 5 N–H and O–H groups in total. The lowest BCUT2D eigenvalue weighted by atomic mass is 10.1. The number of ether oxygens (including phenoxy) is 1. The van der Waals surface area contributed by atoms with Crippen molar-refractivity contribution in [1.29, 1.82) is 0 Å². The summed E-state index contributed by atoms with van der Waals surface area (Å²) >= 11 is 1.50. The predicted octanol–water partition coefficient (Wildman–Crippen LogP) is 2.45. The van der Waals surface area contributed by atoms with E-state index in [9.17, 15) is 13.2 Å². The summed E-state index contributed by atoms with van der Waals surface area (Å²) in [5, 5.41) is 9.62. The van der Waals surface area contributed by atoms with Crippen LogP contribution in [0.4, 0.5) is 11.4 Å². The Morgan fingerprint density at radius 3 is 2.54 bits per heavy atom. The molecular weight excluding hydrogens is 400 g/mol. The number of amides is 1. The largest absolute Gasteiger partial charge is 0.491 e. The maximum Gasteiger partial charge on any atom is 0.238 e. The van der Waals surface area contributed by atoms with E-state index in [1.54, 1.807) is 17.6 Å². The molecule has 0 saturated carbocycles. The highest BCUT2D eigenvalue weighted by Gasteiger charge is 2.09. The number of rotatable bonds is 7. The van der Waals surface area contributed by atoms with Gasteiger partial charge in [-0.1, -0.05) is 0 Å². The lowest BCUT2D eigenvalue weighted by Crippen LogP contribution is -2.16. The van der Waals surface area contributed by atoms with Crippen molar-refractivity contribution in [2.45, 2.75) is 11.3 Å². The molecule has 0 bridgehead atoms. The van der Waals surface area contributed by atoms with Crippen LogP contribution in [-0.4, -0.2) is 25.9 Å². The fourth-order valence-electron chi connectivity index (χ4n) is 2.40. The molecule has 0 aliphatic rings. The third kappa shape index (κ3) is 5.06. The molecule has 3 rings (SSSR count). The third-order valence-electron chi connectivity index (χ3n) is 3.79. The minimum Gasteiger partial charge on any atom is -0.491 e. The van der Waals surface area contributed by atoms with E-state index in [2.05, 4.69) is 10.3 Å². The highest BCUT2D eigenvalue weighted by Crippen LogP contribution is 2.28. The van der Waals surface area contributed by atoms with E-state index in [4.69, 9.17) is 15.6 Å². The van der Waals surface area contributed by atoms with Gasteiger partial charge in [0, 0.05) is 16.6 Å². The van der Waals surface area contributed by atoms with Crippen LogP contribution in [0.25, 0.3) is 11.3 Å². The highest BCUT2D eigenvalue weighted by molar-refractivity contribution is 7.89. The van der Waals surface area contributed by atoms with Crippen molar-refractivity contribution in [1.82, 2.24) is 4.98 Å². The zero-order valence-corrected chi connectivity index (χ0v) is 16.3. The van der Waals surface area contributed by atoms with Crippen LogP contribution in [-0.2, 0) is 14.8 Å². The van der Waals surface area contributed by atoms with E-state index < -0.39 is 10.0 Å². The van der Waals surface area contributed by atoms with Gasteiger partial charge in [0.2, 0.25) is 15.9 Å². The van der Waals surface area contributed by atoms with Crippen LogP contribution >= 0.6 is 11.3 Å². The minimum atomic E-state index is -3.76. The summed E-state index contributed by atoms with van der Waals surface area (Å²) in [6.45, 7) is 0.140. The monoisotopic (exact) mass is 418 g/mol. The zero-order valence-electron chi connectivity index (χ0n) is 14.7. The topological polar surface area (TPSA) is 137 Å². The van der Waals surface area contributed by atoms with Gasteiger partial charge in [-0.05, 0) is 42.5 Å². The van der Waals surface area contributed by atoms with Gasteiger partial charge in [0.1, 0.15) is 5.75 Å². The molecule has 1 heterocycles. The van der Waals surface area contributed by atoms with Crippen molar-refractivity contribution in [3.63, 3.8) is 0 Å². The molecule has 0 radical (unpaired) electrons. The van der Waals surface area contributed by atoms with E-state index >= 15 is 0 Å². The van der Waals surface area contributed by atoms with Crippen molar-refractivity contribution in [3.8, 4) is 17.0 Å². The SMILES string of the molecule is Nc1cc(-c2cscn2)ccc1OCCC(=O)Nc1ccc(S(N)(=O)=O)cc1. The fourth-order valence-corrected chi connectivity index (χ4v) is 3.48. The Morgan fingerprint density at radius 1 is 1.18 bits per heavy atom. The van der Waals surface area contributed by atoms with Gasteiger partial charge in [-0.3, -0.25) is 4.79 Å². The highest BCUT2D eigenvalue weighted by atomic mass is 32.2. The number of aromatic nitrogens is 1. The van der Waals surface area contributed by atoms with E-state index in [-0.39, 0.29) is 23.8 Å². The zero-order chi connectivity index (χ0) is 20.1. The first-order valence-corrected chi connectivity index (χ1v) is 10.7. The molecule has 0 saturated heterocycles. The standard InChI is InChI=1S/C18H18N4O4S2/c19-15-9-12(16-10-27-11-21-16)1-6-17(15)26-8-7-18(23)22-13-2-4-14(5-3-13)28(20,24)25/h1-6,9-11H,7-8,19H2,(H,22,23)(H2,20,24,25). The molecular formula is C18H18N4O4S2. The molecule has 0 aliphatic heterocycles. The fraction of sp³-hybridized carbons (Fsp3) is 0.111. The molecule has 1 aromatic heterocycles. The van der Waals surface area contributed by atoms with Crippen LogP contribution in [0.2, 0.25) is 0 Å². The molecule has 0 atom stereocenters. The number of thiazole rings is 1. The lowest BCUT2D eigenvalue weighted by Gasteiger charge is -2.10. The first kappa shape index (κ1) is 19.8. The number of nitrogens with one attached hydrogen (secondary N) is 1. The van der Waals surface area contributed by atoms with Crippen LogP contribution in [0, 0.1) is 0 Å². The van der Waals surface area contributed by atoms with Crippen LogP contribution in [0.3, 0.4) is 0 Å². The average molecular weight is 419 g/mol. The van der Waals surface area contributed by atoms with Gasteiger partial charge in [-0.2, -0.15) is 0 Å². The van der Waals surface area contributed by atoms with E-state index in [0.717, 1.165) is 11.3 Å². The van der Waals surface area contributed by atoms with Gasteiger partial charge >= 0.3 is 0 Å². The third-order valence-corrected chi connectivity index (χ3v) is 5.31. The number of hydrogen-bond acceptors (Lipinski definition) is 7. The molecule has 0 aliphatic carbocycles. The number of hydrogen-bond donors (Lipinski definition) is 3. The van der Waals surface area contributed by atoms with Crippen LogP contribution in [0.15, 0.2) is 58.3 Å². The number of anilines is 2. The average Bonchev–Trinajstić information content (AvgIpc) is 3.17. The van der Waals surface area contributed by atoms with Crippen LogP contribution < -0.4 is 20.9 Å². The van der Waals surface area contributed by atoms with E-state index in [0.29, 0.717) is 17.1 Å². The lowest BCUT2D eigenvalue weighted by molar-refractivity contribution is -0.116. The van der Waals surface area contributed by atoms with Crippen molar-refractivity contribution in [3.05, 3.63) is 53.4 Å². The molecule has 8 nitrogen and oxygen atoms in total. The van der Waals surface area contributed by atoms with Gasteiger partial charge < -0.3 is 15.8 Å². The number of benzene rings is 2. The number of nitrogen functional groups attached to an aromatic ring is 1. The minimum absolute atomic E-state index is 0.0228. The Balaban J connectivity index is 1.51. The molecule has 0 fully saturated rings. The molecule has 10 heteroatoms. The van der Waals surface area contributed by atoms with Gasteiger partial charge in [-0.15, -0.1) is 11.3 Å². The molecule has 3 aromatic rings. The Labute approximate surface area is 166 Å². The van der Waals surface area contributed by atoms with Crippen LogP contribution in [0.1, 0.15) is 6.42 Å². The summed E-state index contributed by atoms with van der Waals surface area (Å²) in [6.07, 6.45) is 0.101. The number of nitrogens with two attached hydrogens (primary N) is 2. The van der Waals surface area contributed by atoms with E-state index in [1.807, 2.05) is 11.4 Å². The number of primary sulfonamides is 1. The van der Waals surface area contributed by atoms with Crippen molar-refractivity contribution < 1.29 is 17.9 Å². The summed E-state index contributed by atoms with van der Waals surface area (Å²) < 4.78 is 28.0. The van der Waals surface area contributed by atoms with Crippen molar-refractivity contribution in [2.24, 2.45) is 5.14 Å². The second-order valence-electron chi connectivity index (χ2n) is 5.84. The number of carbonyl (C=O) groups is 1. The molecule has 28 heavy (non-hydrogen) atoms. The van der Waals surface area contributed by atoms with Gasteiger partial charge in [0.15, 0.2) is 0 Å². The Hall–Kier alpha value is -2.95. The number of carbonyl (C=O) groups excluding carboxylic acids is 1. The number of sulfonamides is 1. The smallest absolute Gasteiger partial charge is 0.238 e. The van der Waals surface area contributed by atoms with Crippen molar-refractivity contribution in [2.75, 3.05) is 17.7 Å². The molecule has 0 unspecified atom stereocenters. The molecule has 1 amide bonds. The Morgan fingerprint density at radius 2 is 1.93 bits per heavy atom. The maximum atomic E-state index is 12.0. The summed E-state index contributed by atoms with van der Waals surface area (Å²) in [5.41, 5.74) is 10.4. The summed E-state index contributed by atoms with van der Waals surface area (Å²) in [4.78, 5) is 16.2. The summed E-state index contributed by atoms with van der Waals surface area (Å²) in [5.74, 6) is 0.213. The first-order chi connectivity index (χ1) is 13.3. The molecule has 0 spiro atoms. The van der Waals surface area contributed by atoms with E-state index in [1.165, 1.54) is 35.6 Å². The van der Waals surface area contributed by atoms with Gasteiger partial charge in [-0.25, -0.2) is 18.5 Å². The van der Waals surface area contributed by atoms with Crippen LogP contribution in [0.5, 0.6) is 5.75 Å². The Kier molecular flexibility index (Phi) is 5.93.